The van der Waals surface area contributed by atoms with Gasteiger partial charge in [0.05, 0.1) is 11.7 Å². The molecule has 0 spiro atoms. The van der Waals surface area contributed by atoms with Gasteiger partial charge in [-0.25, -0.2) is 4.39 Å². The summed E-state index contributed by atoms with van der Waals surface area (Å²) in [7, 11) is 0. The van der Waals surface area contributed by atoms with Gasteiger partial charge in [-0.1, -0.05) is 12.1 Å². The van der Waals surface area contributed by atoms with Crippen molar-refractivity contribution in [3.05, 3.63) is 52.5 Å². The van der Waals surface area contributed by atoms with Crippen LogP contribution in [0.25, 0.3) is 0 Å². The Morgan fingerprint density at radius 3 is 2.60 bits per heavy atom. The minimum absolute atomic E-state index is 0.00317. The summed E-state index contributed by atoms with van der Waals surface area (Å²) in [5.41, 5.74) is 1.14. The Morgan fingerprint density at radius 1 is 1.16 bits per heavy atom. The average Bonchev–Trinajstić information content (AvgIpc) is 3.31. The van der Waals surface area contributed by atoms with Crippen molar-refractivity contribution in [3.8, 4) is 0 Å². The zero-order chi connectivity index (χ0) is 17.6. The van der Waals surface area contributed by atoms with Gasteiger partial charge in [-0.15, -0.1) is 0 Å². The summed E-state index contributed by atoms with van der Waals surface area (Å²) >= 11 is 1.61. The van der Waals surface area contributed by atoms with Gasteiger partial charge in [-0.3, -0.25) is 14.5 Å². The predicted molar refractivity (Wildman–Crippen MR) is 95.9 cm³/mol. The number of halogens is 1. The lowest BCUT2D eigenvalue weighted by molar-refractivity contribution is -0.136. The quantitative estimate of drug-likeness (QED) is 0.805. The number of benzene rings is 1. The maximum absolute atomic E-state index is 13.6. The highest BCUT2D eigenvalue weighted by molar-refractivity contribution is 7.08. The van der Waals surface area contributed by atoms with E-state index in [9.17, 15) is 14.0 Å². The van der Waals surface area contributed by atoms with Crippen LogP contribution < -0.4 is 10.6 Å². The summed E-state index contributed by atoms with van der Waals surface area (Å²) in [6.45, 7) is 2.32. The molecule has 1 saturated heterocycles. The number of thiophene rings is 1. The van der Waals surface area contributed by atoms with Crippen LogP contribution in [0, 0.1) is 5.82 Å². The van der Waals surface area contributed by atoms with Crippen molar-refractivity contribution in [1.29, 1.82) is 0 Å². The van der Waals surface area contributed by atoms with Gasteiger partial charge in [-0.05, 0) is 60.5 Å². The number of likely N-dealkylation sites (tertiary alicyclic amines) is 1. The molecule has 1 aromatic carbocycles. The molecule has 5 nitrogen and oxygen atoms in total. The molecule has 132 valence electrons. The lowest BCUT2D eigenvalue weighted by atomic mass is 10.1. The molecule has 2 aromatic rings. The van der Waals surface area contributed by atoms with E-state index >= 15 is 0 Å². The first-order valence-electron chi connectivity index (χ1n) is 8.25. The molecule has 0 radical (unpaired) electrons. The second-order valence-electron chi connectivity index (χ2n) is 5.96. The van der Waals surface area contributed by atoms with Crippen LogP contribution in [0.15, 0.2) is 41.1 Å². The van der Waals surface area contributed by atoms with Gasteiger partial charge in [0, 0.05) is 6.54 Å². The molecule has 1 fully saturated rings. The fourth-order valence-corrected chi connectivity index (χ4v) is 3.69. The number of nitrogens with zero attached hydrogens (tertiary/aromatic N) is 1. The summed E-state index contributed by atoms with van der Waals surface area (Å²) in [6.07, 6.45) is 2.28. The Balaban J connectivity index is 1.59. The number of para-hydroxylation sites is 1. The Hall–Kier alpha value is -2.25. The zero-order valence-electron chi connectivity index (χ0n) is 13.7. The van der Waals surface area contributed by atoms with E-state index in [1.54, 1.807) is 17.4 Å². The summed E-state index contributed by atoms with van der Waals surface area (Å²) in [4.78, 5) is 26.4. The molecule has 1 atom stereocenters. The Labute approximate surface area is 149 Å². The fourth-order valence-electron chi connectivity index (χ4n) is 2.99. The van der Waals surface area contributed by atoms with Gasteiger partial charge >= 0.3 is 11.8 Å². The molecule has 0 bridgehead atoms. The maximum Gasteiger partial charge on any atom is 0.313 e. The van der Waals surface area contributed by atoms with Crippen LogP contribution in [0.5, 0.6) is 0 Å². The van der Waals surface area contributed by atoms with Crippen LogP contribution in [0.1, 0.15) is 24.4 Å². The molecule has 1 aromatic heterocycles. The molecule has 0 saturated carbocycles. The number of hydrogen-bond donors (Lipinski definition) is 2. The predicted octanol–water partition coefficient (Wildman–Crippen LogP) is 2.78. The molecule has 2 amide bonds. The van der Waals surface area contributed by atoms with Crippen molar-refractivity contribution in [2.45, 2.75) is 18.9 Å². The van der Waals surface area contributed by atoms with Gasteiger partial charge in [0.25, 0.3) is 0 Å². The topological polar surface area (TPSA) is 61.4 Å². The third-order valence-electron chi connectivity index (χ3n) is 4.29. The minimum Gasteiger partial charge on any atom is -0.346 e. The van der Waals surface area contributed by atoms with Crippen LogP contribution in [-0.4, -0.2) is 36.3 Å². The van der Waals surface area contributed by atoms with Crippen molar-refractivity contribution in [2.75, 3.05) is 25.0 Å². The summed E-state index contributed by atoms with van der Waals surface area (Å²) in [6, 6.07) is 7.85. The average molecular weight is 361 g/mol. The Kier molecular flexibility index (Phi) is 5.78. The first-order chi connectivity index (χ1) is 12.1. The molecule has 3 rings (SSSR count). The van der Waals surface area contributed by atoms with Crippen LogP contribution >= 0.6 is 11.3 Å². The van der Waals surface area contributed by atoms with Crippen molar-refractivity contribution < 1.29 is 14.0 Å². The monoisotopic (exact) mass is 361 g/mol. The Morgan fingerprint density at radius 2 is 1.92 bits per heavy atom. The van der Waals surface area contributed by atoms with E-state index in [4.69, 9.17) is 0 Å². The second kappa shape index (κ2) is 8.22. The number of nitrogens with one attached hydrogen (secondary N) is 2. The van der Waals surface area contributed by atoms with E-state index in [1.807, 2.05) is 11.4 Å². The third kappa shape index (κ3) is 4.43. The van der Waals surface area contributed by atoms with Crippen LogP contribution in [0.2, 0.25) is 0 Å². The summed E-state index contributed by atoms with van der Waals surface area (Å²) in [5.74, 6) is -2.20. The molecule has 0 aliphatic carbocycles. The molecule has 1 aliphatic rings. The molecular formula is C18H20FN3O2S. The highest BCUT2D eigenvalue weighted by atomic mass is 32.1. The molecule has 1 aliphatic heterocycles. The van der Waals surface area contributed by atoms with E-state index in [1.165, 1.54) is 18.2 Å². The lowest BCUT2D eigenvalue weighted by Gasteiger charge is -2.27. The van der Waals surface area contributed by atoms with Gasteiger partial charge in [0.1, 0.15) is 5.82 Å². The van der Waals surface area contributed by atoms with Crippen molar-refractivity contribution >= 4 is 28.8 Å². The zero-order valence-corrected chi connectivity index (χ0v) is 14.5. The molecule has 25 heavy (non-hydrogen) atoms. The number of amides is 2. The number of carbonyl (C=O) groups is 2. The van der Waals surface area contributed by atoms with Crippen molar-refractivity contribution in [3.63, 3.8) is 0 Å². The number of anilines is 1. The van der Waals surface area contributed by atoms with E-state index in [-0.39, 0.29) is 11.7 Å². The lowest BCUT2D eigenvalue weighted by Crippen LogP contribution is -2.41. The molecule has 0 unspecified atom stereocenters. The van der Waals surface area contributed by atoms with Gasteiger partial charge < -0.3 is 10.6 Å². The standard InChI is InChI=1S/C18H20FN3O2S/c19-14-5-1-2-6-15(14)21-18(24)17(23)20-11-16(13-7-10-25-12-13)22-8-3-4-9-22/h1-2,5-7,10,12,16H,3-4,8-9,11H2,(H,20,23)(H,21,24)/t16-/m0/s1. The largest absolute Gasteiger partial charge is 0.346 e. The molecule has 2 heterocycles. The number of hydrogen-bond acceptors (Lipinski definition) is 4. The normalized spacial score (nSPS) is 15.7. The van der Waals surface area contributed by atoms with Crippen molar-refractivity contribution in [2.24, 2.45) is 0 Å². The van der Waals surface area contributed by atoms with Crippen LogP contribution in [0.3, 0.4) is 0 Å². The van der Waals surface area contributed by atoms with E-state index in [0.29, 0.717) is 6.54 Å². The first kappa shape index (κ1) is 17.6. The molecule has 2 N–H and O–H groups in total. The van der Waals surface area contributed by atoms with E-state index in [2.05, 4.69) is 20.9 Å². The van der Waals surface area contributed by atoms with Gasteiger partial charge in [-0.2, -0.15) is 11.3 Å². The van der Waals surface area contributed by atoms with Gasteiger partial charge in [0.2, 0.25) is 0 Å². The summed E-state index contributed by atoms with van der Waals surface area (Å²) in [5, 5.41) is 9.05. The first-order valence-corrected chi connectivity index (χ1v) is 9.19. The summed E-state index contributed by atoms with van der Waals surface area (Å²) < 4.78 is 13.6. The smallest absolute Gasteiger partial charge is 0.313 e. The molecular weight excluding hydrogens is 341 g/mol. The Bertz CT molecular complexity index is 730. The SMILES string of the molecule is O=C(NC[C@@H](c1ccsc1)N1CCCC1)C(=O)Nc1ccccc1F. The van der Waals surface area contributed by atoms with Crippen LogP contribution in [-0.2, 0) is 9.59 Å². The fraction of sp³-hybridized carbons (Fsp3) is 0.333. The highest BCUT2D eigenvalue weighted by Gasteiger charge is 2.25. The highest BCUT2D eigenvalue weighted by Crippen LogP contribution is 2.26. The number of rotatable bonds is 5. The third-order valence-corrected chi connectivity index (χ3v) is 5.00. The maximum atomic E-state index is 13.6. The van der Waals surface area contributed by atoms with Gasteiger partial charge in [0.15, 0.2) is 0 Å². The van der Waals surface area contributed by atoms with Crippen molar-refractivity contribution in [1.82, 2.24) is 10.2 Å². The van der Waals surface area contributed by atoms with E-state index < -0.39 is 17.6 Å². The number of carbonyl (C=O) groups excluding carboxylic acids is 2. The minimum atomic E-state index is -0.865. The molecule has 7 heteroatoms. The van der Waals surface area contributed by atoms with E-state index in [0.717, 1.165) is 31.5 Å². The second-order valence-corrected chi connectivity index (χ2v) is 6.74. The van der Waals surface area contributed by atoms with Crippen LogP contribution in [0.4, 0.5) is 10.1 Å².